The van der Waals surface area contributed by atoms with E-state index in [4.69, 9.17) is 9.47 Å². The number of aromatic nitrogens is 3. The standard InChI is InChI=1S/C25H29N5O4/c1-16-10-24(32)29-15-19(30-23(31)3-2-20(16)25(29)30)14-28-6-4-17(5-7-28)26-12-18-11-21-22(13-27-18)34-9-8-33-21/h2-3,10-11,13,17,19,26H,4-9,12,14-15H2,1H3. The second-order valence-corrected chi connectivity index (χ2v) is 9.48. The van der Waals surface area contributed by atoms with Crippen molar-refractivity contribution in [2.24, 2.45) is 0 Å². The zero-order chi connectivity index (χ0) is 23.2. The van der Waals surface area contributed by atoms with Gasteiger partial charge in [-0.1, -0.05) is 0 Å². The van der Waals surface area contributed by atoms with E-state index in [0.29, 0.717) is 38.1 Å². The first-order valence-electron chi connectivity index (χ1n) is 12.0. The van der Waals surface area contributed by atoms with Crippen LogP contribution in [0, 0.1) is 6.92 Å². The number of pyridine rings is 3. The molecule has 1 N–H and O–H groups in total. The Morgan fingerprint density at radius 2 is 1.85 bits per heavy atom. The highest BCUT2D eigenvalue weighted by atomic mass is 16.6. The molecule has 3 aliphatic rings. The van der Waals surface area contributed by atoms with Gasteiger partial charge in [0.15, 0.2) is 11.5 Å². The molecule has 0 aromatic carbocycles. The molecule has 3 aromatic rings. The zero-order valence-electron chi connectivity index (χ0n) is 19.3. The van der Waals surface area contributed by atoms with Crippen LogP contribution in [0.15, 0.2) is 40.1 Å². The third-order valence-corrected chi connectivity index (χ3v) is 7.26. The van der Waals surface area contributed by atoms with E-state index in [1.807, 2.05) is 23.6 Å². The lowest BCUT2D eigenvalue weighted by Gasteiger charge is -2.34. The molecule has 34 heavy (non-hydrogen) atoms. The van der Waals surface area contributed by atoms with Crippen LogP contribution < -0.4 is 25.9 Å². The minimum atomic E-state index is -0.0303. The average Bonchev–Trinajstić information content (AvgIpc) is 3.23. The Hall–Kier alpha value is -3.17. The molecule has 1 fully saturated rings. The third-order valence-electron chi connectivity index (χ3n) is 7.26. The fourth-order valence-corrected chi connectivity index (χ4v) is 5.49. The number of likely N-dealkylation sites (tertiary alicyclic amines) is 1. The molecule has 3 aromatic heterocycles. The number of aryl methyl sites for hydroxylation is 1. The zero-order valence-corrected chi connectivity index (χ0v) is 19.3. The minimum Gasteiger partial charge on any atom is -0.486 e. The summed E-state index contributed by atoms with van der Waals surface area (Å²) in [6.45, 7) is 7.01. The van der Waals surface area contributed by atoms with Gasteiger partial charge in [-0.2, -0.15) is 0 Å². The van der Waals surface area contributed by atoms with Crippen LogP contribution in [0.2, 0.25) is 0 Å². The second-order valence-electron chi connectivity index (χ2n) is 9.48. The van der Waals surface area contributed by atoms with E-state index in [-0.39, 0.29) is 17.2 Å². The van der Waals surface area contributed by atoms with E-state index in [2.05, 4.69) is 15.2 Å². The summed E-state index contributed by atoms with van der Waals surface area (Å²) in [7, 11) is 0. The highest BCUT2D eigenvalue weighted by molar-refractivity contribution is 5.80. The molecule has 1 saturated heterocycles. The summed E-state index contributed by atoms with van der Waals surface area (Å²) in [5.74, 6) is 1.48. The molecule has 0 spiro atoms. The SMILES string of the molecule is Cc1cc(=O)n2c3c1ccc(=O)n3C(CN1CCC(NCc3cc4c(cn3)OCCO4)CC1)C2. The van der Waals surface area contributed by atoms with Crippen molar-refractivity contribution < 1.29 is 9.47 Å². The highest BCUT2D eigenvalue weighted by Crippen LogP contribution is 2.30. The molecule has 0 saturated carbocycles. The Morgan fingerprint density at radius 1 is 1.06 bits per heavy atom. The van der Waals surface area contributed by atoms with Crippen molar-refractivity contribution in [3.8, 4) is 11.5 Å². The smallest absolute Gasteiger partial charge is 0.252 e. The number of nitrogens with one attached hydrogen (secondary N) is 1. The first kappa shape index (κ1) is 21.4. The van der Waals surface area contributed by atoms with Crippen molar-refractivity contribution in [1.29, 1.82) is 0 Å². The summed E-state index contributed by atoms with van der Waals surface area (Å²) in [4.78, 5) is 32.2. The van der Waals surface area contributed by atoms with Crippen molar-refractivity contribution in [3.05, 3.63) is 62.4 Å². The maximum absolute atomic E-state index is 12.7. The lowest BCUT2D eigenvalue weighted by atomic mass is 10.0. The largest absolute Gasteiger partial charge is 0.486 e. The lowest BCUT2D eigenvalue weighted by molar-refractivity contribution is 0.168. The number of nitrogens with zero attached hydrogens (tertiary/aromatic N) is 4. The minimum absolute atomic E-state index is 0.0166. The molecule has 6 heterocycles. The monoisotopic (exact) mass is 463 g/mol. The van der Waals surface area contributed by atoms with Crippen LogP contribution in [0.4, 0.5) is 0 Å². The van der Waals surface area contributed by atoms with Crippen LogP contribution in [0.5, 0.6) is 11.5 Å². The van der Waals surface area contributed by atoms with Crippen molar-refractivity contribution in [1.82, 2.24) is 24.3 Å². The van der Waals surface area contributed by atoms with Crippen molar-refractivity contribution in [2.45, 2.75) is 44.9 Å². The Labute approximate surface area is 196 Å². The quantitative estimate of drug-likeness (QED) is 0.612. The Bertz CT molecular complexity index is 1360. The van der Waals surface area contributed by atoms with Gasteiger partial charge in [0.2, 0.25) is 0 Å². The summed E-state index contributed by atoms with van der Waals surface area (Å²) < 4.78 is 14.8. The van der Waals surface area contributed by atoms with Gasteiger partial charge in [-0.05, 0) is 44.5 Å². The van der Waals surface area contributed by atoms with Gasteiger partial charge in [-0.3, -0.25) is 23.7 Å². The molecule has 0 bridgehead atoms. The number of hydrogen-bond donors (Lipinski definition) is 1. The molecule has 1 unspecified atom stereocenters. The predicted molar refractivity (Wildman–Crippen MR) is 128 cm³/mol. The van der Waals surface area contributed by atoms with E-state index in [1.165, 1.54) is 0 Å². The Kier molecular flexibility index (Phi) is 5.38. The molecule has 0 radical (unpaired) electrons. The number of rotatable bonds is 5. The lowest BCUT2D eigenvalue weighted by Crippen LogP contribution is -2.44. The van der Waals surface area contributed by atoms with E-state index in [9.17, 15) is 9.59 Å². The fourth-order valence-electron chi connectivity index (χ4n) is 5.49. The van der Waals surface area contributed by atoms with E-state index in [0.717, 1.165) is 60.5 Å². The van der Waals surface area contributed by atoms with Gasteiger partial charge in [0.05, 0.1) is 17.9 Å². The van der Waals surface area contributed by atoms with Crippen LogP contribution in [-0.2, 0) is 13.1 Å². The van der Waals surface area contributed by atoms with E-state index >= 15 is 0 Å². The third kappa shape index (κ3) is 3.78. The van der Waals surface area contributed by atoms with Gasteiger partial charge in [0, 0.05) is 49.3 Å². The molecule has 9 heteroatoms. The molecule has 178 valence electrons. The van der Waals surface area contributed by atoms with Crippen LogP contribution in [0.1, 0.15) is 30.1 Å². The van der Waals surface area contributed by atoms with Crippen LogP contribution in [-0.4, -0.2) is 57.9 Å². The summed E-state index contributed by atoms with van der Waals surface area (Å²) in [5, 5.41) is 4.61. The average molecular weight is 464 g/mol. The summed E-state index contributed by atoms with van der Waals surface area (Å²) in [5.41, 5.74) is 2.58. The Morgan fingerprint density at radius 3 is 2.68 bits per heavy atom. The number of piperidine rings is 1. The molecule has 0 aliphatic carbocycles. The number of ether oxygens (including phenoxy) is 2. The first-order valence-corrected chi connectivity index (χ1v) is 12.0. The molecule has 3 aliphatic heterocycles. The van der Waals surface area contributed by atoms with Crippen molar-refractivity contribution in [2.75, 3.05) is 32.8 Å². The van der Waals surface area contributed by atoms with Crippen LogP contribution >= 0.6 is 0 Å². The van der Waals surface area contributed by atoms with Gasteiger partial charge >= 0.3 is 0 Å². The summed E-state index contributed by atoms with van der Waals surface area (Å²) >= 11 is 0. The predicted octanol–water partition coefficient (Wildman–Crippen LogP) is 1.45. The molecule has 9 nitrogen and oxygen atoms in total. The molecule has 6 rings (SSSR count). The highest BCUT2D eigenvalue weighted by Gasteiger charge is 2.29. The fraction of sp³-hybridized carbons (Fsp3) is 0.480. The Balaban J connectivity index is 1.08. The summed E-state index contributed by atoms with van der Waals surface area (Å²) in [6.07, 6.45) is 3.80. The maximum atomic E-state index is 12.7. The molecule has 1 atom stereocenters. The van der Waals surface area contributed by atoms with Gasteiger partial charge in [-0.25, -0.2) is 0 Å². The second kappa shape index (κ2) is 8.56. The molecular weight excluding hydrogens is 434 g/mol. The van der Waals surface area contributed by atoms with Gasteiger partial charge in [-0.15, -0.1) is 0 Å². The van der Waals surface area contributed by atoms with Crippen molar-refractivity contribution >= 4 is 11.0 Å². The van der Waals surface area contributed by atoms with Gasteiger partial charge in [0.25, 0.3) is 11.1 Å². The van der Waals surface area contributed by atoms with Gasteiger partial charge < -0.3 is 19.7 Å². The van der Waals surface area contributed by atoms with Crippen LogP contribution in [0.25, 0.3) is 11.0 Å². The van der Waals surface area contributed by atoms with E-state index in [1.54, 1.807) is 22.9 Å². The van der Waals surface area contributed by atoms with Crippen molar-refractivity contribution in [3.63, 3.8) is 0 Å². The molecule has 0 amide bonds. The van der Waals surface area contributed by atoms with Crippen LogP contribution in [0.3, 0.4) is 0 Å². The topological polar surface area (TPSA) is 90.6 Å². The summed E-state index contributed by atoms with van der Waals surface area (Å²) in [6, 6.07) is 7.50. The normalized spacial score (nSPS) is 20.2. The first-order chi connectivity index (χ1) is 16.6. The number of hydrogen-bond acceptors (Lipinski definition) is 7. The van der Waals surface area contributed by atoms with E-state index < -0.39 is 0 Å². The molecular formula is C25H29N5O4. The number of fused-ring (bicyclic) bond motifs is 1. The van der Waals surface area contributed by atoms with Gasteiger partial charge in [0.1, 0.15) is 18.9 Å². The maximum Gasteiger partial charge on any atom is 0.252 e.